The van der Waals surface area contributed by atoms with Crippen molar-refractivity contribution in [1.82, 2.24) is 4.98 Å². The molecule has 31 heavy (non-hydrogen) atoms. The summed E-state index contributed by atoms with van der Waals surface area (Å²) in [6.45, 7) is 11.3. The van der Waals surface area contributed by atoms with Crippen molar-refractivity contribution in [2.75, 3.05) is 6.16 Å². The maximum atomic E-state index is 13.1. The van der Waals surface area contributed by atoms with Crippen LogP contribution in [-0.2, 0) is 26.1 Å². The molecule has 1 saturated carbocycles. The van der Waals surface area contributed by atoms with Gasteiger partial charge in [-0.1, -0.05) is 57.6 Å². The van der Waals surface area contributed by atoms with E-state index in [2.05, 4.69) is 45.7 Å². The Bertz CT molecular complexity index is 976. The lowest BCUT2D eigenvalue weighted by molar-refractivity contribution is -0.185. The highest BCUT2D eigenvalue weighted by Gasteiger charge is 2.71. The maximum absolute atomic E-state index is 13.1. The molecule has 2 bridgehead atoms. The van der Waals surface area contributed by atoms with Gasteiger partial charge in [0.25, 0.3) is 0 Å². The third kappa shape index (κ3) is 3.14. The Hall–Kier alpha value is -1.03. The molecule has 0 amide bonds. The molecule has 0 radical (unpaired) electrons. The number of aromatic nitrogens is 1. The number of fused-ring (bicyclic) bond motifs is 5. The molecule has 5 rings (SSSR count). The van der Waals surface area contributed by atoms with Crippen LogP contribution in [0.15, 0.2) is 30.0 Å². The molecule has 8 atom stereocenters. The first kappa shape index (κ1) is 21.8. The summed E-state index contributed by atoms with van der Waals surface area (Å²) in [5.74, 6) is 1.43. The largest absolute Gasteiger partial charge is 0.435 e. The summed E-state index contributed by atoms with van der Waals surface area (Å²) in [6, 6.07) is 3.96. The van der Waals surface area contributed by atoms with Crippen LogP contribution in [0.4, 0.5) is 0 Å². The van der Waals surface area contributed by atoms with E-state index in [0.29, 0.717) is 17.8 Å². The molecule has 0 N–H and O–H groups in total. The summed E-state index contributed by atoms with van der Waals surface area (Å²) >= 11 is 6.50. The van der Waals surface area contributed by atoms with Gasteiger partial charge in [0.2, 0.25) is 6.29 Å². The van der Waals surface area contributed by atoms with Crippen molar-refractivity contribution in [1.29, 1.82) is 0 Å². The number of nitrogens with zero attached hydrogens (tertiary/aromatic N) is 1. The highest BCUT2D eigenvalue weighted by molar-refractivity contribution is 8.20. The van der Waals surface area contributed by atoms with Crippen LogP contribution in [0.25, 0.3) is 5.31 Å². The summed E-state index contributed by atoms with van der Waals surface area (Å²) in [5.41, 5.74) is 1.97. The molecule has 6 heteroatoms. The first-order chi connectivity index (χ1) is 14.7. The summed E-state index contributed by atoms with van der Waals surface area (Å²) in [4.78, 5) is 17.8. The zero-order chi connectivity index (χ0) is 22.1. The van der Waals surface area contributed by atoms with Gasteiger partial charge in [0.15, 0.2) is 0 Å². The maximum Gasteiger partial charge on any atom is 0.313 e. The Kier molecular flexibility index (Phi) is 5.27. The molecule has 0 unspecified atom stereocenters. The number of esters is 1. The minimum absolute atomic E-state index is 0.0225. The van der Waals surface area contributed by atoms with Gasteiger partial charge in [0.1, 0.15) is 0 Å². The van der Waals surface area contributed by atoms with E-state index in [9.17, 15) is 4.79 Å². The van der Waals surface area contributed by atoms with Gasteiger partial charge in [-0.25, -0.2) is 0 Å². The highest BCUT2D eigenvalue weighted by atomic mass is 32.4. The summed E-state index contributed by atoms with van der Waals surface area (Å²) in [7, 11) is 0. The van der Waals surface area contributed by atoms with Crippen LogP contribution in [0.1, 0.15) is 59.6 Å². The molecule has 1 aromatic rings. The van der Waals surface area contributed by atoms with E-state index in [1.165, 1.54) is 23.7 Å². The molecule has 3 fully saturated rings. The number of hydrogen-bond donors (Lipinski definition) is 0. The summed E-state index contributed by atoms with van der Waals surface area (Å²) in [6.07, 6.45) is 5.84. The van der Waals surface area contributed by atoms with E-state index in [-0.39, 0.29) is 29.1 Å². The Balaban J connectivity index is 1.52. The number of ether oxygens (including phenoxy) is 2. The molecule has 4 heterocycles. The monoisotopic (exact) mass is 459 g/mol. The van der Waals surface area contributed by atoms with Crippen LogP contribution in [0.5, 0.6) is 0 Å². The number of carbonyl (C=O) groups excluding carboxylic acids is 1. The predicted molar refractivity (Wildman–Crippen MR) is 127 cm³/mol. The second-order valence-electron chi connectivity index (χ2n) is 10.8. The Morgan fingerprint density at radius 2 is 2.10 bits per heavy atom. The van der Waals surface area contributed by atoms with E-state index in [4.69, 9.17) is 21.3 Å². The quantitative estimate of drug-likeness (QED) is 0.429. The van der Waals surface area contributed by atoms with E-state index in [0.717, 1.165) is 18.3 Å². The van der Waals surface area contributed by atoms with Crippen LogP contribution in [0.3, 0.4) is 0 Å². The van der Waals surface area contributed by atoms with Crippen molar-refractivity contribution in [2.24, 2.45) is 29.1 Å². The van der Waals surface area contributed by atoms with Crippen LogP contribution < -0.4 is 0 Å². The number of hydrogen-bond acceptors (Lipinski definition) is 5. The minimum Gasteiger partial charge on any atom is -0.435 e. The van der Waals surface area contributed by atoms with Crippen molar-refractivity contribution in [3.05, 3.63) is 35.7 Å². The average Bonchev–Trinajstić information content (AvgIpc) is 3.24. The molecule has 0 aromatic carbocycles. The third-order valence-electron chi connectivity index (χ3n) is 8.61. The van der Waals surface area contributed by atoms with Gasteiger partial charge in [-0.05, 0) is 61.9 Å². The van der Waals surface area contributed by atoms with Gasteiger partial charge in [0.05, 0.1) is 23.4 Å². The molecular weight excluding hydrogens is 425 g/mol. The van der Waals surface area contributed by atoms with E-state index >= 15 is 0 Å². The van der Waals surface area contributed by atoms with E-state index in [1.807, 2.05) is 18.3 Å². The van der Waals surface area contributed by atoms with E-state index in [1.54, 1.807) is 0 Å². The molecule has 4 aliphatic rings. The molecule has 2 saturated heterocycles. The molecule has 3 aliphatic heterocycles. The van der Waals surface area contributed by atoms with Crippen molar-refractivity contribution in [3.8, 4) is 0 Å². The smallest absolute Gasteiger partial charge is 0.313 e. The fraction of sp³-hybridized carbons (Fsp3) is 0.680. The minimum atomic E-state index is -2.07. The topological polar surface area (TPSA) is 48.4 Å². The SMILES string of the molecule is CC1=C(c2ccccn2)[P@]2(=S)C[C@@]1(C)[C@@H]1C(=O)O[C@@H](O[C@@H]3C[C@H](C)CC[C@H]3C(C)C)[C@@H]12. The summed E-state index contributed by atoms with van der Waals surface area (Å²) in [5, 5.41) is 1.23. The number of rotatable bonds is 4. The van der Waals surface area contributed by atoms with Crippen molar-refractivity contribution < 1.29 is 14.3 Å². The molecule has 4 nitrogen and oxygen atoms in total. The zero-order valence-corrected chi connectivity index (χ0v) is 20.9. The first-order valence-corrected chi connectivity index (χ1v) is 14.8. The summed E-state index contributed by atoms with van der Waals surface area (Å²) < 4.78 is 12.7. The van der Waals surface area contributed by atoms with Crippen LogP contribution in [0, 0.1) is 29.1 Å². The molecule has 1 aliphatic carbocycles. The number of pyridine rings is 1. The lowest BCUT2D eigenvalue weighted by Crippen LogP contribution is -2.41. The fourth-order valence-corrected chi connectivity index (χ4v) is 13.9. The van der Waals surface area contributed by atoms with Crippen molar-refractivity contribution in [2.45, 2.75) is 71.9 Å². The fourth-order valence-electron chi connectivity index (χ4n) is 6.90. The van der Waals surface area contributed by atoms with Gasteiger partial charge >= 0.3 is 5.97 Å². The Morgan fingerprint density at radius 3 is 2.77 bits per heavy atom. The van der Waals surface area contributed by atoms with Crippen molar-refractivity contribution in [3.63, 3.8) is 0 Å². The van der Waals surface area contributed by atoms with Gasteiger partial charge in [-0.15, -0.1) is 0 Å². The van der Waals surface area contributed by atoms with Gasteiger partial charge in [0, 0.05) is 16.9 Å². The third-order valence-corrected chi connectivity index (χ3v) is 14.2. The molecule has 168 valence electrons. The Morgan fingerprint density at radius 1 is 1.32 bits per heavy atom. The zero-order valence-electron chi connectivity index (χ0n) is 19.2. The predicted octanol–water partition coefficient (Wildman–Crippen LogP) is 5.67. The lowest BCUT2D eigenvalue weighted by atomic mass is 9.72. The van der Waals surface area contributed by atoms with Gasteiger partial charge in [-0.3, -0.25) is 9.78 Å². The van der Waals surface area contributed by atoms with Gasteiger partial charge < -0.3 is 9.47 Å². The second-order valence-corrected chi connectivity index (χ2v) is 15.7. The van der Waals surface area contributed by atoms with Crippen LogP contribution >= 0.6 is 6.04 Å². The first-order valence-electron chi connectivity index (χ1n) is 11.7. The molecular formula is C25H34NO3PS. The molecule has 0 spiro atoms. The highest BCUT2D eigenvalue weighted by Crippen LogP contribution is 2.83. The van der Waals surface area contributed by atoms with Crippen molar-refractivity contribution >= 4 is 29.1 Å². The van der Waals surface area contributed by atoms with Crippen LogP contribution in [-0.4, -0.2) is 35.2 Å². The number of allylic oxidation sites excluding steroid dienone is 1. The average molecular weight is 460 g/mol. The molecule has 1 aromatic heterocycles. The van der Waals surface area contributed by atoms with E-state index < -0.39 is 12.3 Å². The second kappa shape index (κ2) is 7.50. The normalized spacial score (nSPS) is 44.1. The van der Waals surface area contributed by atoms with Gasteiger partial charge in [-0.2, -0.15) is 0 Å². The standard InChI is InChI=1S/C25H34NO3PS/c1-14(2)17-10-9-15(3)12-19(17)28-24-22-20(23(27)29-24)25(5)13-30(22,31)21(16(25)4)18-8-6-7-11-26-18/h6-8,11,14-15,17,19-20,22,24H,9-10,12-13H2,1-5H3/t15-,17+,19-,20+,22-,24-,25-,30-/m1/s1. The number of carbonyl (C=O) groups is 1. The number of cyclic esters (lactones) is 1. The Labute approximate surface area is 191 Å². The van der Waals surface area contributed by atoms with Crippen LogP contribution in [0.2, 0.25) is 0 Å². The lowest BCUT2D eigenvalue weighted by Gasteiger charge is -2.40.